The van der Waals surface area contributed by atoms with Gasteiger partial charge in [-0.3, -0.25) is 4.79 Å². The molecule has 1 atom stereocenters. The van der Waals surface area contributed by atoms with Crippen molar-refractivity contribution in [2.75, 3.05) is 6.61 Å². The molecule has 0 saturated carbocycles. The number of carbonyl (C=O) groups is 2. The third-order valence-corrected chi connectivity index (χ3v) is 4.55. The van der Waals surface area contributed by atoms with Gasteiger partial charge < -0.3 is 14.8 Å². The van der Waals surface area contributed by atoms with Crippen molar-refractivity contribution in [1.82, 2.24) is 5.32 Å². The summed E-state index contributed by atoms with van der Waals surface area (Å²) >= 11 is 0. The fourth-order valence-corrected chi connectivity index (χ4v) is 3.05. The van der Waals surface area contributed by atoms with Crippen molar-refractivity contribution in [2.24, 2.45) is 0 Å². The van der Waals surface area contributed by atoms with Crippen molar-refractivity contribution < 1.29 is 19.1 Å². The number of benzene rings is 3. The fraction of sp³-hybridized carbons (Fsp3) is 0.200. The molecule has 0 spiro atoms. The van der Waals surface area contributed by atoms with Gasteiger partial charge in [0.25, 0.3) is 5.91 Å². The standard InChI is InChI=1S/C25H25NO4/c1-18-10-9-15-22(16-18)30-19(2)25(28)29-17-23(27)26-24(20-11-5-3-6-12-20)21-13-7-4-8-14-21/h3-16,19,24H,17H2,1-2H3,(H,26,27)/t19-/m1/s1. The van der Waals surface area contributed by atoms with Crippen molar-refractivity contribution >= 4 is 11.9 Å². The number of rotatable bonds is 8. The molecule has 0 saturated heterocycles. The van der Waals surface area contributed by atoms with E-state index in [2.05, 4.69) is 5.32 Å². The summed E-state index contributed by atoms with van der Waals surface area (Å²) in [7, 11) is 0. The lowest BCUT2D eigenvalue weighted by molar-refractivity contribution is -0.154. The molecule has 154 valence electrons. The topological polar surface area (TPSA) is 64.6 Å². The number of hydrogen-bond donors (Lipinski definition) is 1. The first kappa shape index (κ1) is 21.1. The summed E-state index contributed by atoms with van der Waals surface area (Å²) in [5, 5.41) is 2.94. The number of amides is 1. The zero-order valence-electron chi connectivity index (χ0n) is 17.1. The van der Waals surface area contributed by atoms with Crippen LogP contribution >= 0.6 is 0 Å². The maximum absolute atomic E-state index is 12.5. The molecule has 0 unspecified atom stereocenters. The zero-order valence-corrected chi connectivity index (χ0v) is 17.1. The largest absolute Gasteiger partial charge is 0.479 e. The van der Waals surface area contributed by atoms with Gasteiger partial charge in [-0.15, -0.1) is 0 Å². The van der Waals surface area contributed by atoms with Crippen LogP contribution in [0.4, 0.5) is 0 Å². The highest BCUT2D eigenvalue weighted by atomic mass is 16.6. The maximum atomic E-state index is 12.5. The van der Waals surface area contributed by atoms with E-state index in [4.69, 9.17) is 9.47 Å². The second-order valence-corrected chi connectivity index (χ2v) is 7.01. The summed E-state index contributed by atoms with van der Waals surface area (Å²) in [6.45, 7) is 3.16. The molecule has 5 nitrogen and oxygen atoms in total. The quantitative estimate of drug-likeness (QED) is 0.572. The van der Waals surface area contributed by atoms with Crippen molar-refractivity contribution in [2.45, 2.75) is 26.0 Å². The van der Waals surface area contributed by atoms with Crippen LogP contribution in [0.5, 0.6) is 5.75 Å². The van der Waals surface area contributed by atoms with E-state index in [0.717, 1.165) is 16.7 Å². The molecule has 0 aliphatic carbocycles. The van der Waals surface area contributed by atoms with Gasteiger partial charge >= 0.3 is 5.97 Å². The van der Waals surface area contributed by atoms with Crippen LogP contribution in [0.3, 0.4) is 0 Å². The van der Waals surface area contributed by atoms with E-state index in [1.807, 2.05) is 85.8 Å². The van der Waals surface area contributed by atoms with Gasteiger partial charge in [-0.05, 0) is 42.7 Å². The lowest BCUT2D eigenvalue weighted by atomic mass is 9.99. The third-order valence-electron chi connectivity index (χ3n) is 4.55. The van der Waals surface area contributed by atoms with E-state index in [1.165, 1.54) is 0 Å². The molecule has 3 aromatic rings. The molecular weight excluding hydrogens is 378 g/mol. The van der Waals surface area contributed by atoms with Crippen molar-refractivity contribution in [1.29, 1.82) is 0 Å². The van der Waals surface area contributed by atoms with Gasteiger partial charge in [0.1, 0.15) is 5.75 Å². The molecule has 1 amide bonds. The van der Waals surface area contributed by atoms with Gasteiger partial charge in [0.2, 0.25) is 0 Å². The summed E-state index contributed by atoms with van der Waals surface area (Å²) in [5.41, 5.74) is 2.92. The Morgan fingerprint density at radius 1 is 0.867 bits per heavy atom. The minimum absolute atomic E-state index is 0.334. The molecule has 0 aromatic heterocycles. The van der Waals surface area contributed by atoms with Crippen molar-refractivity contribution in [3.8, 4) is 5.75 Å². The summed E-state index contributed by atoms with van der Waals surface area (Å²) in [5.74, 6) is -0.399. The van der Waals surface area contributed by atoms with Crippen LogP contribution in [0, 0.1) is 6.92 Å². The number of esters is 1. The van der Waals surface area contributed by atoms with E-state index < -0.39 is 12.1 Å². The Bertz CT molecular complexity index is 933. The second-order valence-electron chi connectivity index (χ2n) is 7.01. The number of nitrogens with one attached hydrogen (secondary N) is 1. The zero-order chi connectivity index (χ0) is 21.3. The molecule has 0 radical (unpaired) electrons. The van der Waals surface area contributed by atoms with Crippen LogP contribution in [0.2, 0.25) is 0 Å². The molecule has 3 rings (SSSR count). The SMILES string of the molecule is Cc1cccc(O[C@H](C)C(=O)OCC(=O)NC(c2ccccc2)c2ccccc2)c1. The van der Waals surface area contributed by atoms with Gasteiger partial charge in [0.15, 0.2) is 12.7 Å². The molecule has 0 aliphatic rings. The van der Waals surface area contributed by atoms with Gasteiger partial charge in [-0.2, -0.15) is 0 Å². The Labute approximate surface area is 176 Å². The van der Waals surface area contributed by atoms with E-state index in [-0.39, 0.29) is 18.6 Å². The lowest BCUT2D eigenvalue weighted by Crippen LogP contribution is -2.35. The van der Waals surface area contributed by atoms with Gasteiger partial charge in [-0.1, -0.05) is 72.8 Å². The predicted molar refractivity (Wildman–Crippen MR) is 115 cm³/mol. The Kier molecular flexibility index (Phi) is 7.22. The van der Waals surface area contributed by atoms with Crippen LogP contribution in [0.15, 0.2) is 84.9 Å². The Hall–Kier alpha value is -3.60. The minimum atomic E-state index is -0.821. The minimum Gasteiger partial charge on any atom is -0.479 e. The second kappa shape index (κ2) is 10.3. The summed E-state index contributed by atoms with van der Waals surface area (Å²) in [6.07, 6.45) is -0.821. The Balaban J connectivity index is 1.58. The van der Waals surface area contributed by atoms with Crippen molar-refractivity contribution in [3.05, 3.63) is 102 Å². The molecule has 30 heavy (non-hydrogen) atoms. The number of carbonyl (C=O) groups excluding carboxylic acids is 2. The summed E-state index contributed by atoms with van der Waals surface area (Å²) in [6, 6.07) is 26.4. The van der Waals surface area contributed by atoms with Crippen LogP contribution in [-0.4, -0.2) is 24.6 Å². The molecule has 5 heteroatoms. The van der Waals surface area contributed by atoms with Gasteiger partial charge in [-0.25, -0.2) is 4.79 Å². The first-order chi connectivity index (χ1) is 14.5. The molecular formula is C25H25NO4. The number of ether oxygens (including phenoxy) is 2. The third kappa shape index (κ3) is 5.95. The predicted octanol–water partition coefficient (Wildman–Crippen LogP) is 4.21. The van der Waals surface area contributed by atoms with Crippen molar-refractivity contribution in [3.63, 3.8) is 0 Å². The van der Waals surface area contributed by atoms with Gasteiger partial charge in [0, 0.05) is 0 Å². The summed E-state index contributed by atoms with van der Waals surface area (Å²) < 4.78 is 10.8. The normalized spacial score (nSPS) is 11.6. The highest BCUT2D eigenvalue weighted by Crippen LogP contribution is 2.21. The van der Waals surface area contributed by atoms with Gasteiger partial charge in [0.05, 0.1) is 6.04 Å². The first-order valence-corrected chi connectivity index (χ1v) is 9.82. The molecule has 3 aromatic carbocycles. The van der Waals surface area contributed by atoms with Crippen LogP contribution in [-0.2, 0) is 14.3 Å². The molecule has 0 aliphatic heterocycles. The lowest BCUT2D eigenvalue weighted by Gasteiger charge is -2.20. The Morgan fingerprint density at radius 2 is 1.47 bits per heavy atom. The number of hydrogen-bond acceptors (Lipinski definition) is 4. The molecule has 0 fully saturated rings. The highest BCUT2D eigenvalue weighted by molar-refractivity contribution is 5.82. The van der Waals surface area contributed by atoms with E-state index >= 15 is 0 Å². The molecule has 0 bridgehead atoms. The van der Waals surface area contributed by atoms with Crippen LogP contribution in [0.1, 0.15) is 29.7 Å². The fourth-order valence-electron chi connectivity index (χ4n) is 3.05. The average Bonchev–Trinajstić information content (AvgIpc) is 2.77. The Morgan fingerprint density at radius 3 is 2.03 bits per heavy atom. The first-order valence-electron chi connectivity index (χ1n) is 9.82. The summed E-state index contributed by atoms with van der Waals surface area (Å²) in [4.78, 5) is 24.7. The monoisotopic (exact) mass is 403 g/mol. The average molecular weight is 403 g/mol. The maximum Gasteiger partial charge on any atom is 0.347 e. The smallest absolute Gasteiger partial charge is 0.347 e. The molecule has 0 heterocycles. The van der Waals surface area contributed by atoms with Crippen LogP contribution < -0.4 is 10.1 Å². The van der Waals surface area contributed by atoms with E-state index in [0.29, 0.717) is 5.75 Å². The van der Waals surface area contributed by atoms with Crippen LogP contribution in [0.25, 0.3) is 0 Å². The van der Waals surface area contributed by atoms with E-state index in [9.17, 15) is 9.59 Å². The number of aryl methyl sites for hydroxylation is 1. The molecule has 1 N–H and O–H groups in total. The van der Waals surface area contributed by atoms with E-state index in [1.54, 1.807) is 13.0 Å². The highest BCUT2D eigenvalue weighted by Gasteiger charge is 2.20.